The molecule has 2 aromatic rings. The third kappa shape index (κ3) is 2.53. The van der Waals surface area contributed by atoms with Gasteiger partial charge in [0.05, 0.1) is 12.9 Å². The summed E-state index contributed by atoms with van der Waals surface area (Å²) in [6.45, 7) is -0.560. The number of hydrogen-bond acceptors (Lipinski definition) is 7. The first-order valence-corrected chi connectivity index (χ1v) is 7.12. The molecule has 126 valence electrons. The SMILES string of the molecule is C#C[C@]1(CO)O[C@@H](n2cnc3c(NC(=O)O)nc(Cl)nc32)C[C@@H]1O. The van der Waals surface area contributed by atoms with Gasteiger partial charge in [-0.1, -0.05) is 5.92 Å². The molecule has 24 heavy (non-hydrogen) atoms. The van der Waals surface area contributed by atoms with E-state index in [-0.39, 0.29) is 28.7 Å². The van der Waals surface area contributed by atoms with E-state index in [0.717, 1.165) is 0 Å². The zero-order valence-corrected chi connectivity index (χ0v) is 12.8. The molecule has 0 aromatic carbocycles. The molecule has 0 radical (unpaired) electrons. The number of carbonyl (C=O) groups is 1. The van der Waals surface area contributed by atoms with Crippen molar-refractivity contribution in [3.05, 3.63) is 11.6 Å². The summed E-state index contributed by atoms with van der Waals surface area (Å²) in [7, 11) is 0. The predicted molar refractivity (Wildman–Crippen MR) is 81.4 cm³/mol. The zero-order chi connectivity index (χ0) is 17.5. The molecule has 2 aromatic heterocycles. The van der Waals surface area contributed by atoms with Crippen LogP contribution in [0.2, 0.25) is 5.28 Å². The topological polar surface area (TPSA) is 143 Å². The van der Waals surface area contributed by atoms with Gasteiger partial charge in [0, 0.05) is 6.42 Å². The van der Waals surface area contributed by atoms with Crippen molar-refractivity contribution >= 4 is 34.7 Å². The monoisotopic (exact) mass is 353 g/mol. The lowest BCUT2D eigenvalue weighted by Gasteiger charge is -2.23. The Labute approximate surface area is 140 Å². The summed E-state index contributed by atoms with van der Waals surface area (Å²) in [5.41, 5.74) is -1.18. The lowest BCUT2D eigenvalue weighted by atomic mass is 9.99. The molecule has 1 amide bonds. The zero-order valence-electron chi connectivity index (χ0n) is 12.0. The van der Waals surface area contributed by atoms with Gasteiger partial charge in [-0.3, -0.25) is 9.88 Å². The molecule has 4 N–H and O–H groups in total. The summed E-state index contributed by atoms with van der Waals surface area (Å²) >= 11 is 5.82. The first kappa shape index (κ1) is 16.4. The number of nitrogens with one attached hydrogen (secondary N) is 1. The lowest BCUT2D eigenvalue weighted by molar-refractivity contribution is -0.0891. The first-order valence-electron chi connectivity index (χ1n) is 6.74. The number of nitrogens with zero attached hydrogens (tertiary/aromatic N) is 4. The van der Waals surface area contributed by atoms with Gasteiger partial charge in [0.2, 0.25) is 5.28 Å². The highest BCUT2D eigenvalue weighted by atomic mass is 35.5. The van der Waals surface area contributed by atoms with E-state index in [0.29, 0.717) is 0 Å². The van der Waals surface area contributed by atoms with Gasteiger partial charge < -0.3 is 20.1 Å². The predicted octanol–water partition coefficient (Wildman–Crippen LogP) is 0.214. The maximum absolute atomic E-state index is 10.8. The minimum Gasteiger partial charge on any atom is -0.465 e. The number of aliphatic hydroxyl groups excluding tert-OH is 2. The van der Waals surface area contributed by atoms with E-state index in [9.17, 15) is 15.0 Å². The highest BCUT2D eigenvalue weighted by molar-refractivity contribution is 6.28. The number of ether oxygens (including phenoxy) is 1. The summed E-state index contributed by atoms with van der Waals surface area (Å²) in [6, 6.07) is 0. The number of rotatable bonds is 3. The quantitative estimate of drug-likeness (QED) is 0.453. The number of aromatic nitrogens is 4. The van der Waals surface area contributed by atoms with Crippen molar-refractivity contribution in [2.75, 3.05) is 11.9 Å². The molecule has 11 heteroatoms. The molecule has 0 saturated carbocycles. The smallest absolute Gasteiger partial charge is 0.410 e. The second-order valence-electron chi connectivity index (χ2n) is 5.11. The van der Waals surface area contributed by atoms with Crippen LogP contribution in [0.25, 0.3) is 11.2 Å². The molecule has 3 rings (SSSR count). The van der Waals surface area contributed by atoms with Crippen LogP contribution in [-0.2, 0) is 4.74 Å². The Bertz CT molecular complexity index is 849. The minimum atomic E-state index is -1.53. The normalized spacial score (nSPS) is 26.4. The number of amides is 1. The highest BCUT2D eigenvalue weighted by Crippen LogP contribution is 2.38. The van der Waals surface area contributed by atoms with Gasteiger partial charge in [0.15, 0.2) is 22.6 Å². The molecule has 0 unspecified atom stereocenters. The fraction of sp³-hybridized carbons (Fsp3) is 0.385. The van der Waals surface area contributed by atoms with E-state index in [2.05, 4.69) is 26.2 Å². The van der Waals surface area contributed by atoms with Gasteiger partial charge in [-0.25, -0.2) is 9.78 Å². The maximum Gasteiger partial charge on any atom is 0.410 e. The van der Waals surface area contributed by atoms with E-state index < -0.39 is 30.6 Å². The van der Waals surface area contributed by atoms with Crippen molar-refractivity contribution in [1.29, 1.82) is 0 Å². The molecule has 10 nitrogen and oxygen atoms in total. The Morgan fingerprint density at radius 2 is 2.38 bits per heavy atom. The minimum absolute atomic E-state index is 0.0829. The molecular formula is C13H12ClN5O5. The summed E-state index contributed by atoms with van der Waals surface area (Å²) in [4.78, 5) is 22.7. The number of carboxylic acid groups (broad SMARTS) is 1. The fourth-order valence-electron chi connectivity index (χ4n) is 2.53. The van der Waals surface area contributed by atoms with Crippen LogP contribution in [0, 0.1) is 12.3 Å². The van der Waals surface area contributed by atoms with Crippen LogP contribution in [0.4, 0.5) is 10.6 Å². The molecule has 1 fully saturated rings. The second-order valence-corrected chi connectivity index (χ2v) is 5.45. The first-order chi connectivity index (χ1) is 11.4. The van der Waals surface area contributed by atoms with Crippen LogP contribution in [0.5, 0.6) is 0 Å². The van der Waals surface area contributed by atoms with Crippen molar-refractivity contribution in [2.24, 2.45) is 0 Å². The lowest BCUT2D eigenvalue weighted by Crippen LogP contribution is -2.41. The summed E-state index contributed by atoms with van der Waals surface area (Å²) < 4.78 is 7.06. The Balaban J connectivity index is 2.05. The van der Waals surface area contributed by atoms with Gasteiger partial charge in [-0.2, -0.15) is 9.97 Å². The van der Waals surface area contributed by atoms with Crippen LogP contribution in [0.3, 0.4) is 0 Å². The van der Waals surface area contributed by atoms with Gasteiger partial charge in [-0.05, 0) is 11.6 Å². The number of anilines is 1. The molecule has 0 bridgehead atoms. The summed E-state index contributed by atoms with van der Waals surface area (Å²) in [6.07, 6.45) is 3.59. The molecule has 1 aliphatic rings. The average Bonchev–Trinajstić information content (AvgIpc) is 3.08. The van der Waals surface area contributed by atoms with Gasteiger partial charge in [0.25, 0.3) is 0 Å². The van der Waals surface area contributed by atoms with Crippen LogP contribution < -0.4 is 5.32 Å². The number of aliphatic hydroxyl groups is 2. The van der Waals surface area contributed by atoms with Crippen LogP contribution in [0.1, 0.15) is 12.6 Å². The third-order valence-corrected chi connectivity index (χ3v) is 3.89. The Morgan fingerprint density at radius 3 is 2.96 bits per heavy atom. The average molecular weight is 354 g/mol. The van der Waals surface area contributed by atoms with Crippen molar-refractivity contribution in [3.63, 3.8) is 0 Å². The van der Waals surface area contributed by atoms with Gasteiger partial charge >= 0.3 is 6.09 Å². The number of fused-ring (bicyclic) bond motifs is 1. The van der Waals surface area contributed by atoms with E-state index in [1.165, 1.54) is 10.9 Å². The third-order valence-electron chi connectivity index (χ3n) is 3.72. The molecule has 3 atom stereocenters. The van der Waals surface area contributed by atoms with Gasteiger partial charge in [0.1, 0.15) is 12.3 Å². The number of imidazole rings is 1. The van der Waals surface area contributed by atoms with Crippen LogP contribution in [-0.4, -0.2) is 59.2 Å². The second kappa shape index (κ2) is 5.88. The Morgan fingerprint density at radius 1 is 1.62 bits per heavy atom. The van der Waals surface area contributed by atoms with Crippen LogP contribution in [0.15, 0.2) is 6.33 Å². The molecule has 1 aliphatic heterocycles. The molecular weight excluding hydrogens is 342 g/mol. The van der Waals surface area contributed by atoms with Gasteiger partial charge in [-0.15, -0.1) is 6.42 Å². The Kier molecular flexibility index (Phi) is 4.02. The molecule has 0 aliphatic carbocycles. The fourth-order valence-corrected chi connectivity index (χ4v) is 2.69. The largest absolute Gasteiger partial charge is 0.465 e. The van der Waals surface area contributed by atoms with Crippen molar-refractivity contribution in [1.82, 2.24) is 19.5 Å². The number of terminal acetylenes is 1. The molecule has 0 spiro atoms. The van der Waals surface area contributed by atoms with Crippen molar-refractivity contribution in [3.8, 4) is 12.3 Å². The van der Waals surface area contributed by atoms with Crippen molar-refractivity contribution in [2.45, 2.75) is 24.4 Å². The van der Waals surface area contributed by atoms with Crippen LogP contribution >= 0.6 is 11.6 Å². The number of hydrogen-bond donors (Lipinski definition) is 4. The molecule has 1 saturated heterocycles. The summed E-state index contributed by atoms with van der Waals surface area (Å²) in [5, 5.41) is 30.3. The number of halogens is 1. The highest BCUT2D eigenvalue weighted by Gasteiger charge is 2.47. The maximum atomic E-state index is 10.8. The standard InChI is InChI=1S/C13H12ClN5O5/c1-2-13(4-20)6(21)3-7(24-13)19-5-15-8-9(17-12(22)23)16-11(14)18-10(8)19/h1,5-7,20-21H,3-4H2,(H,22,23)(H,16,17,18)/t6-,7+,13+/m0/s1. The Hall–Kier alpha value is -2.45. The van der Waals surface area contributed by atoms with E-state index >= 15 is 0 Å². The van der Waals surface area contributed by atoms with E-state index in [1.807, 2.05) is 0 Å². The molecule has 3 heterocycles. The van der Waals surface area contributed by atoms with Crippen molar-refractivity contribution < 1.29 is 24.9 Å². The van der Waals surface area contributed by atoms with E-state index in [4.69, 9.17) is 27.9 Å². The van der Waals surface area contributed by atoms with E-state index in [1.54, 1.807) is 0 Å². The summed E-state index contributed by atoms with van der Waals surface area (Å²) in [5.74, 6) is 2.18.